The average Bonchev–Trinajstić information content (AvgIpc) is 3.10. The fourth-order valence-electron chi connectivity index (χ4n) is 4.02. The van der Waals surface area contributed by atoms with E-state index in [1.54, 1.807) is 12.1 Å². The van der Waals surface area contributed by atoms with Crippen LogP contribution < -0.4 is 10.2 Å². The van der Waals surface area contributed by atoms with Gasteiger partial charge in [-0.15, -0.1) is 0 Å². The van der Waals surface area contributed by atoms with Crippen LogP contribution in [-0.2, 0) is 4.74 Å². The third-order valence-corrected chi connectivity index (χ3v) is 5.56. The number of phenolic OH excluding ortho intramolecular Hbond substituents is 2. The fourth-order valence-corrected chi connectivity index (χ4v) is 4.02. The standard InChI is InChI=1S/C21H18O9/c22-7-14-16(25)18(27)21-20(29-14)10-5-13-15(17(26)19(10)30-21)11(24)6-12(28-13)8-1-3-9(23)4-2-8/h1-6,14,16,18,20-23,25-27H,7H2/t14-,16-,18+,20+,21+/m1/s1. The van der Waals surface area contributed by atoms with Gasteiger partial charge in [0.15, 0.2) is 23.0 Å². The number of aliphatic hydroxyl groups excluding tert-OH is 3. The molecule has 0 spiro atoms. The van der Waals surface area contributed by atoms with Gasteiger partial charge in [0.05, 0.1) is 6.61 Å². The van der Waals surface area contributed by atoms with Gasteiger partial charge < -0.3 is 39.4 Å². The molecule has 3 aromatic rings. The zero-order valence-electron chi connectivity index (χ0n) is 15.4. The number of aromatic hydroxyl groups is 2. The number of rotatable bonds is 2. The first-order chi connectivity index (χ1) is 14.4. The Kier molecular flexibility index (Phi) is 4.23. The number of hydrogen-bond acceptors (Lipinski definition) is 9. The molecule has 1 aromatic heterocycles. The average molecular weight is 414 g/mol. The Morgan fingerprint density at radius 3 is 2.43 bits per heavy atom. The molecule has 0 bridgehead atoms. The van der Waals surface area contributed by atoms with Gasteiger partial charge in [-0.1, -0.05) is 0 Å². The highest BCUT2D eigenvalue weighted by atomic mass is 16.6. The van der Waals surface area contributed by atoms with Gasteiger partial charge in [-0.3, -0.25) is 4.79 Å². The van der Waals surface area contributed by atoms with E-state index in [9.17, 15) is 30.3 Å². The number of benzene rings is 2. The van der Waals surface area contributed by atoms with Gasteiger partial charge in [-0.25, -0.2) is 0 Å². The summed E-state index contributed by atoms with van der Waals surface area (Å²) in [7, 11) is 0. The van der Waals surface area contributed by atoms with Crippen molar-refractivity contribution < 1.29 is 39.4 Å². The molecule has 156 valence electrons. The Morgan fingerprint density at radius 1 is 1.00 bits per heavy atom. The molecule has 0 radical (unpaired) electrons. The molecule has 0 saturated carbocycles. The van der Waals surface area contributed by atoms with Gasteiger partial charge in [0.2, 0.25) is 0 Å². The maximum atomic E-state index is 12.7. The van der Waals surface area contributed by atoms with Gasteiger partial charge in [0.25, 0.3) is 0 Å². The van der Waals surface area contributed by atoms with Gasteiger partial charge in [-0.05, 0) is 30.3 Å². The molecule has 3 heterocycles. The molecule has 0 unspecified atom stereocenters. The molecule has 5 rings (SSSR count). The molecule has 1 saturated heterocycles. The summed E-state index contributed by atoms with van der Waals surface area (Å²) in [6.07, 6.45) is -5.68. The number of ether oxygens (including phenoxy) is 2. The second kappa shape index (κ2) is 6.71. The molecule has 5 N–H and O–H groups in total. The van der Waals surface area contributed by atoms with Gasteiger partial charge >= 0.3 is 0 Å². The number of fused-ring (bicyclic) bond motifs is 4. The van der Waals surface area contributed by atoms with E-state index >= 15 is 0 Å². The van der Waals surface area contributed by atoms with Crippen LogP contribution in [0.1, 0.15) is 11.7 Å². The van der Waals surface area contributed by atoms with Crippen molar-refractivity contribution in [3.63, 3.8) is 0 Å². The third-order valence-electron chi connectivity index (χ3n) is 5.56. The molecule has 0 aliphatic carbocycles. The highest BCUT2D eigenvalue weighted by Crippen LogP contribution is 2.50. The van der Waals surface area contributed by atoms with E-state index in [4.69, 9.17) is 13.9 Å². The summed E-state index contributed by atoms with van der Waals surface area (Å²) in [6.45, 7) is -0.517. The molecule has 30 heavy (non-hydrogen) atoms. The van der Waals surface area contributed by atoms with Crippen LogP contribution in [0.5, 0.6) is 17.2 Å². The highest BCUT2D eigenvalue weighted by Gasteiger charge is 2.51. The van der Waals surface area contributed by atoms with E-state index in [1.165, 1.54) is 24.3 Å². The summed E-state index contributed by atoms with van der Waals surface area (Å²) in [5.41, 5.74) is 0.456. The fraction of sp³-hybridized carbons (Fsp3) is 0.286. The predicted octanol–water partition coefficient (Wildman–Crippen LogP) is 0.786. The second-order valence-electron chi connectivity index (χ2n) is 7.38. The Balaban J connectivity index is 1.66. The summed E-state index contributed by atoms with van der Waals surface area (Å²) in [4.78, 5) is 12.7. The van der Waals surface area contributed by atoms with Crippen molar-refractivity contribution in [3.8, 4) is 28.6 Å². The van der Waals surface area contributed by atoms with Crippen molar-refractivity contribution in [1.29, 1.82) is 0 Å². The van der Waals surface area contributed by atoms with Crippen LogP contribution in [0.4, 0.5) is 0 Å². The monoisotopic (exact) mass is 414 g/mol. The second-order valence-corrected chi connectivity index (χ2v) is 7.38. The molecular weight excluding hydrogens is 396 g/mol. The zero-order valence-corrected chi connectivity index (χ0v) is 15.4. The van der Waals surface area contributed by atoms with E-state index in [1.807, 2.05) is 0 Å². The zero-order chi connectivity index (χ0) is 21.2. The van der Waals surface area contributed by atoms with E-state index in [0.29, 0.717) is 11.1 Å². The van der Waals surface area contributed by atoms with Crippen LogP contribution >= 0.6 is 0 Å². The van der Waals surface area contributed by atoms with E-state index in [-0.39, 0.29) is 28.2 Å². The SMILES string of the molecule is O=c1cc(-c2ccc(O)cc2)oc2cc3c(c(O)c12)O[C@H]1[C@@H](O)[C@H](O)[C@@H](CO)O[C@@H]31. The molecule has 0 amide bonds. The third kappa shape index (κ3) is 2.67. The molecule has 5 atom stereocenters. The summed E-state index contributed by atoms with van der Waals surface area (Å²) in [5.74, 6) is -0.189. The van der Waals surface area contributed by atoms with E-state index < -0.39 is 48.3 Å². The lowest BCUT2D eigenvalue weighted by Crippen LogP contribution is -2.55. The Labute approximate surface area is 169 Å². The summed E-state index contributed by atoms with van der Waals surface area (Å²) >= 11 is 0. The summed E-state index contributed by atoms with van der Waals surface area (Å²) in [5, 5.41) is 49.9. The molecule has 2 aromatic carbocycles. The Bertz CT molecular complexity index is 1180. The lowest BCUT2D eigenvalue weighted by molar-refractivity contribution is -0.215. The summed E-state index contributed by atoms with van der Waals surface area (Å²) in [6, 6.07) is 8.78. The van der Waals surface area contributed by atoms with Crippen LogP contribution in [-0.4, -0.2) is 56.6 Å². The summed E-state index contributed by atoms with van der Waals surface area (Å²) < 4.78 is 17.2. The van der Waals surface area contributed by atoms with E-state index in [2.05, 4.69) is 0 Å². The molecular formula is C21H18O9. The van der Waals surface area contributed by atoms with Crippen molar-refractivity contribution in [1.82, 2.24) is 0 Å². The van der Waals surface area contributed by atoms with Crippen LogP contribution in [0.15, 0.2) is 45.6 Å². The van der Waals surface area contributed by atoms with Crippen molar-refractivity contribution in [2.24, 2.45) is 0 Å². The maximum absolute atomic E-state index is 12.7. The van der Waals surface area contributed by atoms with Gasteiger partial charge in [0.1, 0.15) is 46.9 Å². The van der Waals surface area contributed by atoms with Gasteiger partial charge in [-0.2, -0.15) is 0 Å². The normalized spacial score (nSPS) is 27.5. The van der Waals surface area contributed by atoms with Crippen molar-refractivity contribution in [2.45, 2.75) is 30.5 Å². The largest absolute Gasteiger partial charge is 0.508 e. The number of hydrogen-bond donors (Lipinski definition) is 5. The predicted molar refractivity (Wildman–Crippen MR) is 102 cm³/mol. The van der Waals surface area contributed by atoms with Crippen molar-refractivity contribution >= 4 is 11.0 Å². The smallest absolute Gasteiger partial charge is 0.197 e. The maximum Gasteiger partial charge on any atom is 0.197 e. The molecule has 9 nitrogen and oxygen atoms in total. The lowest BCUT2D eigenvalue weighted by atomic mass is 9.92. The van der Waals surface area contributed by atoms with Crippen LogP contribution in [0, 0.1) is 0 Å². The first-order valence-electron chi connectivity index (χ1n) is 9.31. The quantitative estimate of drug-likeness (QED) is 0.410. The molecule has 1 fully saturated rings. The number of aliphatic hydroxyl groups is 3. The van der Waals surface area contributed by atoms with Crippen molar-refractivity contribution in [2.75, 3.05) is 6.61 Å². The topological polar surface area (TPSA) is 150 Å². The minimum atomic E-state index is -1.37. The van der Waals surface area contributed by atoms with Crippen LogP contribution in [0.25, 0.3) is 22.3 Å². The van der Waals surface area contributed by atoms with Gasteiger partial charge in [0, 0.05) is 17.2 Å². The lowest BCUT2D eigenvalue weighted by Gasteiger charge is -2.38. The first-order valence-corrected chi connectivity index (χ1v) is 9.31. The van der Waals surface area contributed by atoms with E-state index in [0.717, 1.165) is 0 Å². The Morgan fingerprint density at radius 2 is 1.73 bits per heavy atom. The molecule has 9 heteroatoms. The van der Waals surface area contributed by atoms with Crippen LogP contribution in [0.3, 0.4) is 0 Å². The minimum Gasteiger partial charge on any atom is -0.508 e. The van der Waals surface area contributed by atoms with Crippen LogP contribution in [0.2, 0.25) is 0 Å². The molecule has 2 aliphatic rings. The highest BCUT2D eigenvalue weighted by molar-refractivity contribution is 5.89. The number of phenols is 2. The molecule has 2 aliphatic heterocycles. The first kappa shape index (κ1) is 18.9. The minimum absolute atomic E-state index is 0.0352. The Hall–Kier alpha value is -3.11. The van der Waals surface area contributed by atoms with Crippen molar-refractivity contribution in [3.05, 3.63) is 52.2 Å².